The van der Waals surface area contributed by atoms with Gasteiger partial charge in [0.15, 0.2) is 0 Å². The number of alkyl halides is 3. The Morgan fingerprint density at radius 1 is 1.42 bits per heavy atom. The van der Waals surface area contributed by atoms with Crippen molar-refractivity contribution in [3.8, 4) is 6.07 Å². The summed E-state index contributed by atoms with van der Waals surface area (Å²) < 4.78 is 55.1. The molecule has 0 amide bonds. The minimum atomic E-state index is -4.53. The summed E-state index contributed by atoms with van der Waals surface area (Å²) in [5.41, 5.74) is 0. The van der Waals surface area contributed by atoms with Gasteiger partial charge in [-0.1, -0.05) is 0 Å². The lowest BCUT2D eigenvalue weighted by molar-refractivity contribution is -0.134. The monoisotopic (exact) mass is 201 g/mol. The largest absolute Gasteiger partial charge is 0.390 e. The normalized spacial score (nSPS) is 14.2. The molecule has 0 aromatic heterocycles. The van der Waals surface area contributed by atoms with E-state index in [9.17, 15) is 21.6 Å². The van der Waals surface area contributed by atoms with Crippen LogP contribution in [-0.4, -0.2) is 19.8 Å². The molecule has 0 aliphatic heterocycles. The molecule has 0 aromatic carbocycles. The molecule has 12 heavy (non-hydrogen) atoms. The average Bonchev–Trinajstić information content (AvgIpc) is 1.83. The summed E-state index contributed by atoms with van der Waals surface area (Å²) in [5.74, 6) is 0. The average molecular weight is 201 g/mol. The van der Waals surface area contributed by atoms with Crippen LogP contribution in [0.25, 0.3) is 0 Å². The maximum absolute atomic E-state index is 11.6. The van der Waals surface area contributed by atoms with E-state index in [2.05, 4.69) is 0 Å². The summed E-state index contributed by atoms with van der Waals surface area (Å²) in [6, 6.07) is 1.39. The van der Waals surface area contributed by atoms with E-state index in [1.54, 1.807) is 0 Å². The van der Waals surface area contributed by atoms with Gasteiger partial charge in [0.05, 0.1) is 24.2 Å². The molecule has 0 spiro atoms. The molecule has 0 fully saturated rings. The van der Waals surface area contributed by atoms with Crippen LogP contribution in [0.1, 0.15) is 12.8 Å². The van der Waals surface area contributed by atoms with E-state index in [0.717, 1.165) is 0 Å². The van der Waals surface area contributed by atoms with E-state index in [1.165, 1.54) is 6.07 Å². The van der Waals surface area contributed by atoms with Crippen molar-refractivity contribution < 1.29 is 21.6 Å². The predicted molar refractivity (Wildman–Crippen MR) is 35.0 cm³/mol. The Morgan fingerprint density at radius 3 is 2.17 bits per heavy atom. The van der Waals surface area contributed by atoms with Crippen LogP contribution in [0.2, 0.25) is 0 Å². The molecular formula is C5H6F3NO2S. The predicted octanol–water partition coefficient (Wildman–Crippen LogP) is 0.832. The fourth-order valence-electron chi connectivity index (χ4n) is 0.594. The zero-order chi connectivity index (χ0) is 9.78. The summed E-state index contributed by atoms with van der Waals surface area (Å²) in [7, 11) is -3.18. The molecule has 0 bridgehead atoms. The third-order valence-corrected chi connectivity index (χ3v) is 2.05. The lowest BCUT2D eigenvalue weighted by atomic mass is 10.2. The second-order valence-corrected chi connectivity index (χ2v) is 3.42. The molecule has 1 atom stereocenters. The first-order chi connectivity index (χ1) is 5.37. The highest BCUT2D eigenvalue weighted by Crippen LogP contribution is 2.23. The van der Waals surface area contributed by atoms with Crippen molar-refractivity contribution in [3.63, 3.8) is 0 Å². The Kier molecular flexibility index (Phi) is 4.03. The Balaban J connectivity index is 4.26. The molecule has 0 N–H and O–H groups in total. The molecule has 0 heterocycles. The number of nitrogens with zero attached hydrogens (tertiary/aromatic N) is 1. The first-order valence-corrected chi connectivity index (χ1v) is 4.18. The van der Waals surface area contributed by atoms with Crippen LogP contribution in [-0.2, 0) is 10.7 Å². The number of nitriles is 1. The maximum Gasteiger partial charge on any atom is 0.390 e. The van der Waals surface area contributed by atoms with E-state index < -0.39 is 35.0 Å². The summed E-state index contributed by atoms with van der Waals surface area (Å²) in [6.07, 6.45) is -6.59. The van der Waals surface area contributed by atoms with Gasteiger partial charge in [-0.25, -0.2) is 8.42 Å². The molecule has 0 rings (SSSR count). The Labute approximate surface area is 68.7 Å². The number of rotatable bonds is 3. The van der Waals surface area contributed by atoms with Crippen LogP contribution in [0.4, 0.5) is 13.2 Å². The number of thiol groups is 1. The first kappa shape index (κ1) is 11.2. The maximum atomic E-state index is 11.6. The number of hydrogen-bond acceptors (Lipinski definition) is 3. The van der Waals surface area contributed by atoms with Gasteiger partial charge in [-0.3, -0.25) is 0 Å². The van der Waals surface area contributed by atoms with Gasteiger partial charge in [-0.05, 0) is 0 Å². The van der Waals surface area contributed by atoms with Crippen molar-refractivity contribution in [3.05, 3.63) is 0 Å². The lowest BCUT2D eigenvalue weighted by Crippen LogP contribution is -2.20. The van der Waals surface area contributed by atoms with E-state index in [1.807, 2.05) is 0 Å². The quantitative estimate of drug-likeness (QED) is 0.688. The molecular weight excluding hydrogens is 195 g/mol. The highest BCUT2D eigenvalue weighted by atomic mass is 32.2. The van der Waals surface area contributed by atoms with E-state index in [4.69, 9.17) is 5.26 Å². The molecule has 70 valence electrons. The van der Waals surface area contributed by atoms with Gasteiger partial charge >= 0.3 is 6.18 Å². The van der Waals surface area contributed by atoms with Crippen LogP contribution in [0.3, 0.4) is 0 Å². The van der Waals surface area contributed by atoms with Crippen molar-refractivity contribution in [2.24, 2.45) is 0 Å². The second kappa shape index (κ2) is 4.30. The summed E-state index contributed by atoms with van der Waals surface area (Å²) in [4.78, 5) is 0. The molecule has 0 radical (unpaired) electrons. The third kappa shape index (κ3) is 4.96. The minimum absolute atomic E-state index is 0.613. The zero-order valence-electron chi connectivity index (χ0n) is 5.84. The summed E-state index contributed by atoms with van der Waals surface area (Å²) in [6.45, 7) is 0. The van der Waals surface area contributed by atoms with Crippen LogP contribution in [0.15, 0.2) is 0 Å². The highest BCUT2D eigenvalue weighted by molar-refractivity contribution is 7.73. The van der Waals surface area contributed by atoms with E-state index in [-0.39, 0.29) is 0 Å². The van der Waals surface area contributed by atoms with Crippen molar-refractivity contribution in [1.82, 2.24) is 0 Å². The van der Waals surface area contributed by atoms with Crippen LogP contribution >= 0.6 is 0 Å². The highest BCUT2D eigenvalue weighted by Gasteiger charge is 2.33. The van der Waals surface area contributed by atoms with Gasteiger partial charge in [0.1, 0.15) is 10.7 Å². The molecule has 1 unspecified atom stereocenters. The number of hydrogen-bond donors (Lipinski definition) is 1. The number of halogens is 3. The Hall–Kier alpha value is -0.770. The fraction of sp³-hybridized carbons (Fsp3) is 0.800. The SMILES string of the molecule is N#CCC(CC(F)(F)F)[SH](=O)=O. The zero-order valence-corrected chi connectivity index (χ0v) is 6.73. The van der Waals surface area contributed by atoms with Gasteiger partial charge in [0.2, 0.25) is 0 Å². The van der Waals surface area contributed by atoms with E-state index >= 15 is 0 Å². The fourth-order valence-corrected chi connectivity index (χ4v) is 1.18. The Bertz CT molecular complexity index is 244. The van der Waals surface area contributed by atoms with Crippen LogP contribution in [0.5, 0.6) is 0 Å². The van der Waals surface area contributed by atoms with Crippen molar-refractivity contribution in [2.45, 2.75) is 24.3 Å². The van der Waals surface area contributed by atoms with E-state index in [0.29, 0.717) is 0 Å². The van der Waals surface area contributed by atoms with Crippen molar-refractivity contribution in [2.75, 3.05) is 0 Å². The van der Waals surface area contributed by atoms with Gasteiger partial charge < -0.3 is 0 Å². The topological polar surface area (TPSA) is 57.9 Å². The van der Waals surface area contributed by atoms with Gasteiger partial charge in [-0.15, -0.1) is 0 Å². The standard InChI is InChI=1S/C5H6F3NO2S/c6-5(7,8)3-4(1-2-9)12(10)11/h4,12H,1,3H2. The van der Waals surface area contributed by atoms with Gasteiger partial charge in [0.25, 0.3) is 0 Å². The van der Waals surface area contributed by atoms with Crippen LogP contribution < -0.4 is 0 Å². The molecule has 0 saturated carbocycles. The summed E-state index contributed by atoms with van der Waals surface area (Å²) >= 11 is 0. The molecule has 0 saturated heterocycles. The molecule has 3 nitrogen and oxygen atoms in total. The van der Waals surface area contributed by atoms with Crippen molar-refractivity contribution in [1.29, 1.82) is 5.26 Å². The van der Waals surface area contributed by atoms with Gasteiger partial charge in [0, 0.05) is 0 Å². The lowest BCUT2D eigenvalue weighted by Gasteiger charge is -2.08. The minimum Gasteiger partial charge on any atom is -0.232 e. The first-order valence-electron chi connectivity index (χ1n) is 2.94. The second-order valence-electron chi connectivity index (χ2n) is 2.12. The van der Waals surface area contributed by atoms with Crippen molar-refractivity contribution >= 4 is 10.7 Å². The summed E-state index contributed by atoms with van der Waals surface area (Å²) in [5, 5.41) is 6.39. The molecule has 0 aromatic rings. The smallest absolute Gasteiger partial charge is 0.232 e. The van der Waals surface area contributed by atoms with Crippen LogP contribution in [0, 0.1) is 11.3 Å². The molecule has 0 aliphatic carbocycles. The molecule has 0 aliphatic rings. The Morgan fingerprint density at radius 2 is 1.92 bits per heavy atom. The third-order valence-electron chi connectivity index (χ3n) is 1.09. The van der Waals surface area contributed by atoms with Gasteiger partial charge in [-0.2, -0.15) is 18.4 Å². The molecule has 7 heteroatoms.